The molecule has 0 aliphatic carbocycles. The van der Waals surface area contributed by atoms with Crippen LogP contribution in [0.3, 0.4) is 0 Å². The van der Waals surface area contributed by atoms with E-state index in [0.29, 0.717) is 27.6 Å². The maximum absolute atomic E-state index is 13.3. The van der Waals surface area contributed by atoms with E-state index in [9.17, 15) is 18.8 Å². The van der Waals surface area contributed by atoms with Crippen molar-refractivity contribution in [3.05, 3.63) is 98.1 Å². The van der Waals surface area contributed by atoms with E-state index in [4.69, 9.17) is 27.9 Å². The minimum Gasteiger partial charge on any atom is -0.483 e. The molecule has 3 aromatic carbocycles. The third-order valence-corrected chi connectivity index (χ3v) is 6.63. The molecule has 1 N–H and O–H groups in total. The Labute approximate surface area is 221 Å². The number of ether oxygens (including phenoxy) is 1. The molecule has 0 atom stereocenters. The number of hydrogen-bond acceptors (Lipinski definition) is 5. The van der Waals surface area contributed by atoms with E-state index in [1.54, 1.807) is 24.3 Å². The Morgan fingerprint density at radius 1 is 1.11 bits per heavy atom. The Kier molecular flexibility index (Phi) is 7.98. The van der Waals surface area contributed by atoms with Crippen LogP contribution in [-0.4, -0.2) is 28.6 Å². The predicted molar refractivity (Wildman–Crippen MR) is 140 cm³/mol. The lowest BCUT2D eigenvalue weighted by Gasteiger charge is -2.13. The summed E-state index contributed by atoms with van der Waals surface area (Å²) >= 11 is 12.9. The molecule has 0 unspecified atom stereocenters. The fourth-order valence-corrected chi connectivity index (χ4v) is 4.66. The average molecular weight is 545 g/mol. The van der Waals surface area contributed by atoms with Crippen molar-refractivity contribution in [3.8, 4) is 5.75 Å². The number of amides is 3. The molecule has 3 aromatic rings. The lowest BCUT2D eigenvalue weighted by Crippen LogP contribution is -2.27. The summed E-state index contributed by atoms with van der Waals surface area (Å²) in [5.74, 6) is -1.10. The summed E-state index contributed by atoms with van der Waals surface area (Å²) in [7, 11) is 0. The first-order chi connectivity index (χ1) is 17.2. The lowest BCUT2D eigenvalue weighted by atomic mass is 10.1. The van der Waals surface area contributed by atoms with Gasteiger partial charge in [-0.15, -0.1) is 0 Å². The van der Waals surface area contributed by atoms with Gasteiger partial charge in [0.2, 0.25) is 0 Å². The third-order valence-electron chi connectivity index (χ3n) is 5.14. The van der Waals surface area contributed by atoms with Gasteiger partial charge in [-0.3, -0.25) is 19.3 Å². The fourth-order valence-electron chi connectivity index (χ4n) is 3.42. The minimum absolute atomic E-state index is 0.0981. The van der Waals surface area contributed by atoms with Crippen molar-refractivity contribution >= 4 is 63.8 Å². The quantitative estimate of drug-likeness (QED) is 0.335. The molecule has 36 heavy (non-hydrogen) atoms. The minimum atomic E-state index is -0.534. The molecular formula is C26H19Cl2FN2O4S. The number of imide groups is 1. The van der Waals surface area contributed by atoms with Crippen molar-refractivity contribution in [2.24, 2.45) is 0 Å². The fraction of sp³-hybridized carbons (Fsp3) is 0.115. The normalized spacial score (nSPS) is 14.4. The van der Waals surface area contributed by atoms with Crippen molar-refractivity contribution < 1.29 is 23.5 Å². The topological polar surface area (TPSA) is 75.7 Å². The number of rotatable bonds is 7. The molecular weight excluding hydrogens is 526 g/mol. The molecule has 0 aromatic heterocycles. The van der Waals surface area contributed by atoms with Gasteiger partial charge in [-0.2, -0.15) is 0 Å². The zero-order valence-corrected chi connectivity index (χ0v) is 21.2. The largest absolute Gasteiger partial charge is 0.483 e. The van der Waals surface area contributed by atoms with E-state index in [1.165, 1.54) is 18.2 Å². The molecule has 1 aliphatic heterocycles. The molecule has 4 rings (SSSR count). The highest BCUT2D eigenvalue weighted by Crippen LogP contribution is 2.36. The van der Waals surface area contributed by atoms with Crippen LogP contribution in [0.4, 0.5) is 14.9 Å². The van der Waals surface area contributed by atoms with E-state index in [-0.39, 0.29) is 29.0 Å². The highest BCUT2D eigenvalue weighted by Gasteiger charge is 2.35. The van der Waals surface area contributed by atoms with Crippen LogP contribution in [-0.2, 0) is 16.1 Å². The van der Waals surface area contributed by atoms with E-state index >= 15 is 0 Å². The van der Waals surface area contributed by atoms with Crippen molar-refractivity contribution in [2.45, 2.75) is 13.5 Å². The van der Waals surface area contributed by atoms with E-state index in [1.807, 2.05) is 25.1 Å². The summed E-state index contributed by atoms with van der Waals surface area (Å²) in [6, 6.07) is 15.9. The summed E-state index contributed by atoms with van der Waals surface area (Å²) in [5.41, 5.74) is 2.52. The monoisotopic (exact) mass is 544 g/mol. The van der Waals surface area contributed by atoms with Crippen LogP contribution in [0.1, 0.15) is 16.7 Å². The molecule has 1 aliphatic rings. The second kappa shape index (κ2) is 11.2. The number of carbonyl (C=O) groups excluding carboxylic acids is 3. The van der Waals surface area contributed by atoms with Crippen LogP contribution in [0.25, 0.3) is 6.08 Å². The molecule has 0 radical (unpaired) electrons. The van der Waals surface area contributed by atoms with Crippen molar-refractivity contribution in [3.63, 3.8) is 0 Å². The number of nitrogens with one attached hydrogen (secondary N) is 1. The number of aryl methyl sites for hydroxylation is 1. The first kappa shape index (κ1) is 25.8. The second-order valence-corrected chi connectivity index (χ2v) is 9.73. The first-order valence-electron chi connectivity index (χ1n) is 10.7. The number of anilines is 1. The van der Waals surface area contributed by atoms with Gasteiger partial charge in [-0.05, 0) is 78.4 Å². The highest BCUT2D eigenvalue weighted by molar-refractivity contribution is 8.18. The van der Waals surface area contributed by atoms with E-state index < -0.39 is 17.0 Å². The number of benzene rings is 3. The Balaban J connectivity index is 1.49. The molecule has 0 spiro atoms. The molecule has 1 fully saturated rings. The van der Waals surface area contributed by atoms with Gasteiger partial charge in [0.05, 0.1) is 11.4 Å². The van der Waals surface area contributed by atoms with E-state index in [2.05, 4.69) is 5.32 Å². The van der Waals surface area contributed by atoms with Crippen molar-refractivity contribution in [1.29, 1.82) is 0 Å². The summed E-state index contributed by atoms with van der Waals surface area (Å²) in [6.45, 7) is 1.54. The standard InChI is InChI=1S/C26H19Cl2FN2O4S/c1-15-3-2-4-20(9-15)30-24(32)14-35-22-8-6-18(27)10-17(22)11-23-25(33)31(26(34)36-23)13-16-5-7-19(29)12-21(16)28/h2-12H,13-14H2,1H3,(H,30,32)/b23-11-. The number of halogens is 3. The van der Waals surface area contributed by atoms with Crippen LogP contribution in [0.5, 0.6) is 5.75 Å². The van der Waals surface area contributed by atoms with Gasteiger partial charge < -0.3 is 10.1 Å². The third kappa shape index (κ3) is 6.26. The lowest BCUT2D eigenvalue weighted by molar-refractivity contribution is -0.123. The molecule has 10 heteroatoms. The zero-order chi connectivity index (χ0) is 25.8. The molecule has 3 amide bonds. The van der Waals surface area contributed by atoms with Crippen LogP contribution >= 0.6 is 35.0 Å². The summed E-state index contributed by atoms with van der Waals surface area (Å²) in [6.07, 6.45) is 1.48. The summed E-state index contributed by atoms with van der Waals surface area (Å²) in [4.78, 5) is 39.0. The van der Waals surface area contributed by atoms with Gasteiger partial charge in [0.25, 0.3) is 17.1 Å². The van der Waals surface area contributed by atoms with Crippen LogP contribution in [0.15, 0.2) is 65.6 Å². The first-order valence-corrected chi connectivity index (χ1v) is 12.2. The number of thioether (sulfide) groups is 1. The van der Waals surface area contributed by atoms with Crippen LogP contribution in [0.2, 0.25) is 10.0 Å². The van der Waals surface area contributed by atoms with Crippen LogP contribution in [0, 0.1) is 12.7 Å². The Bertz CT molecular complexity index is 1400. The zero-order valence-electron chi connectivity index (χ0n) is 18.9. The Morgan fingerprint density at radius 2 is 1.92 bits per heavy atom. The number of carbonyl (C=O) groups is 3. The van der Waals surface area contributed by atoms with Gasteiger partial charge in [0, 0.05) is 21.3 Å². The maximum atomic E-state index is 13.3. The second-order valence-electron chi connectivity index (χ2n) is 7.89. The molecule has 0 bridgehead atoms. The summed E-state index contributed by atoms with van der Waals surface area (Å²) in [5, 5.41) is 2.77. The Hall–Kier alpha value is -3.33. The molecule has 1 saturated heterocycles. The van der Waals surface area contributed by atoms with Crippen molar-refractivity contribution in [2.75, 3.05) is 11.9 Å². The Morgan fingerprint density at radius 3 is 2.67 bits per heavy atom. The smallest absolute Gasteiger partial charge is 0.293 e. The van der Waals surface area contributed by atoms with Gasteiger partial charge in [-0.1, -0.05) is 41.4 Å². The highest BCUT2D eigenvalue weighted by atomic mass is 35.5. The van der Waals surface area contributed by atoms with Gasteiger partial charge >= 0.3 is 0 Å². The van der Waals surface area contributed by atoms with Gasteiger partial charge in [-0.25, -0.2) is 4.39 Å². The molecule has 6 nitrogen and oxygen atoms in total. The van der Waals surface area contributed by atoms with Gasteiger partial charge in [0.1, 0.15) is 11.6 Å². The summed E-state index contributed by atoms with van der Waals surface area (Å²) < 4.78 is 19.0. The maximum Gasteiger partial charge on any atom is 0.293 e. The molecule has 1 heterocycles. The van der Waals surface area contributed by atoms with E-state index in [0.717, 1.165) is 28.3 Å². The van der Waals surface area contributed by atoms with Crippen LogP contribution < -0.4 is 10.1 Å². The molecule has 0 saturated carbocycles. The number of hydrogen-bond donors (Lipinski definition) is 1. The average Bonchev–Trinajstić information content (AvgIpc) is 3.07. The van der Waals surface area contributed by atoms with Gasteiger partial charge in [0.15, 0.2) is 6.61 Å². The molecule has 184 valence electrons. The SMILES string of the molecule is Cc1cccc(NC(=O)COc2ccc(Cl)cc2/C=C2\SC(=O)N(Cc3ccc(F)cc3Cl)C2=O)c1. The predicted octanol–water partition coefficient (Wildman–Crippen LogP) is 6.69. The number of nitrogens with zero attached hydrogens (tertiary/aromatic N) is 1. The van der Waals surface area contributed by atoms with Crippen molar-refractivity contribution in [1.82, 2.24) is 4.90 Å².